The second-order valence-corrected chi connectivity index (χ2v) is 9.49. The molecular formula is C44H72N2. The first-order chi connectivity index (χ1) is 22.5. The van der Waals surface area contributed by atoms with Crippen LogP contribution in [0.3, 0.4) is 0 Å². The summed E-state index contributed by atoms with van der Waals surface area (Å²) in [6, 6.07) is 34.2. The average Bonchev–Trinajstić information content (AvgIpc) is 3.61. The predicted octanol–water partition coefficient (Wildman–Crippen LogP) is 15.5. The molecule has 0 amide bonds. The molecule has 0 saturated heterocycles. The number of aryl methyl sites for hydroxylation is 2. The Balaban J connectivity index is -0.000000550. The molecule has 0 spiro atoms. The normalized spacial score (nSPS) is 8.78. The maximum absolute atomic E-state index is 2.37. The highest BCUT2D eigenvalue weighted by Gasteiger charge is 2.07. The number of hydrogen-bond acceptors (Lipinski definition) is 0. The summed E-state index contributed by atoms with van der Waals surface area (Å²) in [5.74, 6) is 0. The fraction of sp³-hybridized carbons (Fsp3) is 0.455. The van der Waals surface area contributed by atoms with Crippen molar-refractivity contribution in [3.8, 4) is 0 Å². The van der Waals surface area contributed by atoms with Gasteiger partial charge in [-0.3, -0.25) is 0 Å². The third-order valence-electron chi connectivity index (χ3n) is 5.82. The zero-order valence-corrected chi connectivity index (χ0v) is 33.0. The van der Waals surface area contributed by atoms with Gasteiger partial charge in [-0.1, -0.05) is 189 Å². The molecule has 0 aliphatic rings. The van der Waals surface area contributed by atoms with Gasteiger partial charge in [0.15, 0.2) is 0 Å². The molecule has 0 aliphatic carbocycles. The standard InChI is InChI=1S/C14H13N.C13H11N.3C3H8.4C2H6/c1-2-15-13-9-5-3-7-11(13)12-8-4-6-10-14(12)15;1-14-12-8-4-2-6-10(12)11-7-3-5-9-13(11)14;3*1-3-2;4*1-2/h3-10H,2H2,1H3;2-9H,1H3;3*3H2,1-2H3;4*1-2H3. The van der Waals surface area contributed by atoms with Gasteiger partial charge in [0.25, 0.3) is 0 Å². The molecule has 2 nitrogen and oxygen atoms in total. The van der Waals surface area contributed by atoms with E-state index in [-0.39, 0.29) is 0 Å². The van der Waals surface area contributed by atoms with E-state index < -0.39 is 0 Å². The number of nitrogens with zero attached hydrogens (tertiary/aromatic N) is 2. The molecule has 4 aromatic carbocycles. The van der Waals surface area contributed by atoms with Gasteiger partial charge in [-0.25, -0.2) is 0 Å². The van der Waals surface area contributed by atoms with Crippen LogP contribution in [0.2, 0.25) is 0 Å². The zero-order valence-electron chi connectivity index (χ0n) is 33.0. The van der Waals surface area contributed by atoms with Crippen LogP contribution in [0.4, 0.5) is 0 Å². The molecule has 0 saturated carbocycles. The molecule has 0 unspecified atom stereocenters. The molecule has 0 N–H and O–H groups in total. The van der Waals surface area contributed by atoms with Crippen molar-refractivity contribution in [3.05, 3.63) is 97.1 Å². The lowest BCUT2D eigenvalue weighted by atomic mass is 10.2. The molecule has 0 fully saturated rings. The van der Waals surface area contributed by atoms with Gasteiger partial charge in [-0.05, 0) is 31.2 Å². The largest absolute Gasteiger partial charge is 0.344 e. The monoisotopic (exact) mass is 629 g/mol. The first kappa shape index (κ1) is 46.9. The van der Waals surface area contributed by atoms with Crippen LogP contribution in [-0.2, 0) is 13.6 Å². The minimum atomic E-state index is 1.02. The van der Waals surface area contributed by atoms with Crippen molar-refractivity contribution in [3.63, 3.8) is 0 Å². The van der Waals surface area contributed by atoms with E-state index in [1.54, 1.807) is 0 Å². The van der Waals surface area contributed by atoms with Gasteiger partial charge in [0.1, 0.15) is 0 Å². The smallest absolute Gasteiger partial charge is 0.0491 e. The van der Waals surface area contributed by atoms with E-state index in [1.165, 1.54) is 62.9 Å². The first-order valence-corrected chi connectivity index (χ1v) is 18.4. The molecular weight excluding hydrogens is 556 g/mol. The molecule has 258 valence electrons. The third kappa shape index (κ3) is 14.3. The molecule has 46 heavy (non-hydrogen) atoms. The fourth-order valence-corrected chi connectivity index (χ4v) is 4.46. The minimum absolute atomic E-state index is 1.02. The second-order valence-electron chi connectivity index (χ2n) is 9.49. The number of fused-ring (bicyclic) bond motifs is 6. The summed E-state index contributed by atoms with van der Waals surface area (Å²) < 4.78 is 4.61. The van der Waals surface area contributed by atoms with Gasteiger partial charge in [0.2, 0.25) is 0 Å². The SMILES string of the molecule is CC.CC.CC.CC.CCC.CCC.CCC.CCn1c2ccccc2c2ccccc21.Cn1c2ccccc2c2ccccc21. The van der Waals surface area contributed by atoms with E-state index in [2.05, 4.69) is 162 Å². The van der Waals surface area contributed by atoms with Crippen LogP contribution in [0, 0.1) is 0 Å². The van der Waals surface area contributed by atoms with Gasteiger partial charge in [-0.2, -0.15) is 0 Å². The molecule has 2 aromatic heterocycles. The molecule has 6 aromatic rings. The lowest BCUT2D eigenvalue weighted by molar-refractivity contribution is 0.827. The Morgan fingerprint density at radius 3 is 0.783 bits per heavy atom. The Kier molecular flexibility index (Phi) is 32.1. The van der Waals surface area contributed by atoms with E-state index in [0.717, 1.165) is 6.54 Å². The Bertz CT molecular complexity index is 1390. The van der Waals surface area contributed by atoms with Crippen molar-refractivity contribution in [1.29, 1.82) is 0 Å². The van der Waals surface area contributed by atoms with Crippen molar-refractivity contribution in [2.75, 3.05) is 0 Å². The van der Waals surface area contributed by atoms with Crippen molar-refractivity contribution in [2.45, 2.75) is 130 Å². The van der Waals surface area contributed by atoms with Crippen LogP contribution in [-0.4, -0.2) is 9.13 Å². The lowest BCUT2D eigenvalue weighted by Crippen LogP contribution is -1.91. The predicted molar refractivity (Wildman–Crippen MR) is 219 cm³/mol. The Morgan fingerprint density at radius 2 is 0.543 bits per heavy atom. The molecule has 6 rings (SSSR count). The highest BCUT2D eigenvalue weighted by atomic mass is 15.0. The average molecular weight is 629 g/mol. The molecule has 0 radical (unpaired) electrons. The third-order valence-corrected chi connectivity index (χ3v) is 5.82. The maximum Gasteiger partial charge on any atom is 0.0491 e. The molecule has 0 atom stereocenters. The maximum atomic E-state index is 2.37. The van der Waals surface area contributed by atoms with Crippen molar-refractivity contribution in [1.82, 2.24) is 9.13 Å². The highest BCUT2D eigenvalue weighted by molar-refractivity contribution is 6.08. The van der Waals surface area contributed by atoms with Crippen LogP contribution in [0.1, 0.15) is 123 Å². The number of aromatic nitrogens is 2. The fourth-order valence-electron chi connectivity index (χ4n) is 4.46. The molecule has 0 aliphatic heterocycles. The van der Waals surface area contributed by atoms with E-state index in [4.69, 9.17) is 0 Å². The van der Waals surface area contributed by atoms with Crippen LogP contribution in [0.15, 0.2) is 97.1 Å². The summed E-state index contributed by atoms with van der Waals surface area (Å²) in [5, 5.41) is 5.39. The number of rotatable bonds is 1. The number of benzene rings is 4. The van der Waals surface area contributed by atoms with E-state index in [9.17, 15) is 0 Å². The van der Waals surface area contributed by atoms with Crippen LogP contribution < -0.4 is 0 Å². The topological polar surface area (TPSA) is 9.86 Å². The van der Waals surface area contributed by atoms with Gasteiger partial charge in [0, 0.05) is 57.2 Å². The van der Waals surface area contributed by atoms with Crippen LogP contribution in [0.25, 0.3) is 43.6 Å². The summed E-state index contributed by atoms with van der Waals surface area (Å²) in [6.07, 6.45) is 3.75. The van der Waals surface area contributed by atoms with E-state index >= 15 is 0 Å². The van der Waals surface area contributed by atoms with Gasteiger partial charge in [0.05, 0.1) is 0 Å². The van der Waals surface area contributed by atoms with E-state index in [1.807, 2.05) is 55.4 Å². The summed E-state index contributed by atoms with van der Waals surface area (Å²) in [6.45, 7) is 32.0. The molecule has 0 bridgehead atoms. The minimum Gasteiger partial charge on any atom is -0.344 e. The zero-order chi connectivity index (χ0) is 35.9. The Labute approximate surface area is 285 Å². The van der Waals surface area contributed by atoms with Crippen LogP contribution in [0.5, 0.6) is 0 Å². The van der Waals surface area contributed by atoms with Crippen LogP contribution >= 0.6 is 0 Å². The number of para-hydroxylation sites is 4. The summed E-state index contributed by atoms with van der Waals surface area (Å²) >= 11 is 0. The summed E-state index contributed by atoms with van der Waals surface area (Å²) in [7, 11) is 2.12. The molecule has 2 heteroatoms. The Morgan fingerprint density at radius 1 is 0.348 bits per heavy atom. The van der Waals surface area contributed by atoms with E-state index in [0.29, 0.717) is 0 Å². The van der Waals surface area contributed by atoms with Gasteiger partial charge in [-0.15, -0.1) is 0 Å². The number of hydrogen-bond donors (Lipinski definition) is 0. The van der Waals surface area contributed by atoms with Crippen molar-refractivity contribution >= 4 is 43.6 Å². The van der Waals surface area contributed by atoms with Crippen molar-refractivity contribution < 1.29 is 0 Å². The summed E-state index contributed by atoms with van der Waals surface area (Å²) in [5.41, 5.74) is 5.27. The molecule has 2 heterocycles. The first-order valence-electron chi connectivity index (χ1n) is 18.4. The lowest BCUT2D eigenvalue weighted by Gasteiger charge is -2.01. The quantitative estimate of drug-likeness (QED) is 0.171. The Hall–Kier alpha value is -3.52. The second kappa shape index (κ2) is 31.5. The summed E-state index contributed by atoms with van der Waals surface area (Å²) in [4.78, 5) is 0. The van der Waals surface area contributed by atoms with Gasteiger partial charge >= 0.3 is 0 Å². The van der Waals surface area contributed by atoms with Crippen molar-refractivity contribution in [2.24, 2.45) is 7.05 Å². The highest BCUT2D eigenvalue weighted by Crippen LogP contribution is 2.28. The van der Waals surface area contributed by atoms with Gasteiger partial charge < -0.3 is 9.13 Å².